The van der Waals surface area contributed by atoms with Crippen LogP contribution in [0.25, 0.3) is 32.8 Å². The van der Waals surface area contributed by atoms with Crippen LogP contribution in [-0.4, -0.2) is 51.5 Å². The van der Waals surface area contributed by atoms with Crippen LogP contribution < -0.4 is 9.64 Å². The molecule has 1 N–H and O–H groups in total. The number of fused-ring (bicyclic) bond motifs is 2. The summed E-state index contributed by atoms with van der Waals surface area (Å²) in [6.07, 6.45) is 1.64. The summed E-state index contributed by atoms with van der Waals surface area (Å²) >= 11 is 0. The van der Waals surface area contributed by atoms with Crippen molar-refractivity contribution >= 4 is 33.2 Å². The molecule has 0 spiro atoms. The van der Waals surface area contributed by atoms with Crippen molar-refractivity contribution in [2.75, 3.05) is 24.6 Å². The molecule has 1 aromatic heterocycles. The van der Waals surface area contributed by atoms with Gasteiger partial charge >= 0.3 is 12.2 Å². The lowest BCUT2D eigenvalue weighted by molar-refractivity contribution is -0.384. The van der Waals surface area contributed by atoms with E-state index in [-0.39, 0.29) is 40.8 Å². The van der Waals surface area contributed by atoms with Crippen molar-refractivity contribution in [1.29, 1.82) is 0 Å². The van der Waals surface area contributed by atoms with Crippen molar-refractivity contribution in [3.8, 4) is 29.5 Å². The number of ether oxygens (including phenoxy) is 1. The summed E-state index contributed by atoms with van der Waals surface area (Å²) in [6, 6.07) is 7.05. The largest absolute Gasteiger partial charge is 0.454 e. The molecule has 0 radical (unpaired) electrons. The van der Waals surface area contributed by atoms with Crippen molar-refractivity contribution in [3.63, 3.8) is 0 Å². The van der Waals surface area contributed by atoms with Crippen LogP contribution in [0.15, 0.2) is 36.4 Å². The molecule has 1 atom stereocenters. The van der Waals surface area contributed by atoms with E-state index in [4.69, 9.17) is 11.2 Å². The summed E-state index contributed by atoms with van der Waals surface area (Å²) < 4.78 is 74.8. The van der Waals surface area contributed by atoms with Crippen molar-refractivity contribution in [1.82, 2.24) is 9.97 Å². The Morgan fingerprint density at radius 1 is 1.24 bits per heavy atom. The van der Waals surface area contributed by atoms with Gasteiger partial charge in [0.25, 0.3) is 5.69 Å². The average Bonchev–Trinajstić information content (AvgIpc) is 2.90. The molecule has 13 heteroatoms. The van der Waals surface area contributed by atoms with E-state index in [9.17, 15) is 32.8 Å². The van der Waals surface area contributed by atoms with E-state index < -0.39 is 57.7 Å². The van der Waals surface area contributed by atoms with Gasteiger partial charge in [-0.2, -0.15) is 23.1 Å². The molecule has 41 heavy (non-hydrogen) atoms. The van der Waals surface area contributed by atoms with Crippen LogP contribution in [0.4, 0.5) is 33.5 Å². The number of alkyl halides is 3. The Kier molecular flexibility index (Phi) is 6.90. The van der Waals surface area contributed by atoms with Gasteiger partial charge in [0.2, 0.25) is 0 Å². The van der Waals surface area contributed by atoms with Crippen LogP contribution >= 0.6 is 0 Å². The number of nitro benzene ring substituents is 1. The highest BCUT2D eigenvalue weighted by Gasteiger charge is 2.34. The highest BCUT2D eigenvalue weighted by atomic mass is 19.4. The fourth-order valence-electron chi connectivity index (χ4n) is 5.13. The predicted molar refractivity (Wildman–Crippen MR) is 141 cm³/mol. The molecule has 1 aliphatic rings. The highest BCUT2D eigenvalue weighted by Crippen LogP contribution is 2.44. The van der Waals surface area contributed by atoms with E-state index in [0.29, 0.717) is 18.2 Å². The first kappa shape index (κ1) is 28.0. The molecule has 3 aromatic carbocycles. The Balaban J connectivity index is 1.85. The SMILES string of the molecule is C#Cc1c(F)ccc2cccc(-c3c([N+](=O)[O-])cc4c(N5CCC[C@@](C)(O)C5)nc(OCC(F)(F)F)nc4c3F)c12. The Hall–Kier alpha value is -4.57. The van der Waals surface area contributed by atoms with Crippen molar-refractivity contribution in [2.45, 2.75) is 31.5 Å². The van der Waals surface area contributed by atoms with E-state index in [2.05, 4.69) is 15.9 Å². The summed E-state index contributed by atoms with van der Waals surface area (Å²) in [5, 5.41) is 23.2. The van der Waals surface area contributed by atoms with Gasteiger partial charge in [-0.3, -0.25) is 10.1 Å². The maximum atomic E-state index is 16.5. The fourth-order valence-corrected chi connectivity index (χ4v) is 5.13. The minimum Gasteiger partial charge on any atom is -0.454 e. The van der Waals surface area contributed by atoms with E-state index in [1.807, 2.05) is 0 Å². The predicted octanol–water partition coefficient (Wildman–Crippen LogP) is 5.91. The molecule has 0 saturated carbocycles. The third-order valence-electron chi connectivity index (χ3n) is 6.81. The van der Waals surface area contributed by atoms with Gasteiger partial charge < -0.3 is 14.7 Å². The van der Waals surface area contributed by atoms with Crippen LogP contribution in [-0.2, 0) is 0 Å². The van der Waals surface area contributed by atoms with Gasteiger partial charge in [-0.25, -0.2) is 8.78 Å². The number of terminal acetylenes is 1. The Labute approximate surface area is 229 Å². The van der Waals surface area contributed by atoms with Crippen molar-refractivity contribution in [3.05, 3.63) is 63.7 Å². The van der Waals surface area contributed by atoms with Crippen LogP contribution in [0.2, 0.25) is 0 Å². The summed E-state index contributed by atoms with van der Waals surface area (Å²) in [5.74, 6) is -0.0111. The third-order valence-corrected chi connectivity index (χ3v) is 6.81. The van der Waals surface area contributed by atoms with Crippen LogP contribution in [0.3, 0.4) is 0 Å². The van der Waals surface area contributed by atoms with E-state index in [1.165, 1.54) is 23.1 Å². The number of β-amino-alcohol motifs (C(OH)–C–C–N with tert-alkyl or cyclic N) is 1. The number of aliphatic hydroxyl groups is 1. The molecular weight excluding hydrogens is 551 g/mol. The molecule has 1 fully saturated rings. The first-order chi connectivity index (χ1) is 19.3. The summed E-state index contributed by atoms with van der Waals surface area (Å²) in [4.78, 5) is 20.9. The molecule has 0 bridgehead atoms. The molecule has 0 aliphatic carbocycles. The molecular formula is C28H21F5N4O4. The maximum absolute atomic E-state index is 16.5. The van der Waals surface area contributed by atoms with Crippen molar-refractivity contribution < 1.29 is 36.7 Å². The molecule has 1 saturated heterocycles. The molecule has 0 amide bonds. The number of hydrogen-bond donors (Lipinski definition) is 1. The number of nitrogens with zero attached hydrogens (tertiary/aromatic N) is 4. The Bertz CT molecular complexity index is 1750. The number of rotatable bonds is 5. The van der Waals surface area contributed by atoms with Crippen molar-refractivity contribution in [2.24, 2.45) is 0 Å². The van der Waals surface area contributed by atoms with Gasteiger partial charge in [-0.15, -0.1) is 6.42 Å². The fraction of sp³-hybridized carbons (Fsp3) is 0.286. The molecule has 5 rings (SSSR count). The maximum Gasteiger partial charge on any atom is 0.422 e. The topological polar surface area (TPSA) is 102 Å². The van der Waals surface area contributed by atoms with Gasteiger partial charge in [-0.05, 0) is 31.2 Å². The third kappa shape index (κ3) is 5.30. The van der Waals surface area contributed by atoms with Crippen LogP contribution in [0.1, 0.15) is 25.3 Å². The lowest BCUT2D eigenvalue weighted by atomic mass is 9.92. The number of halogens is 5. The second-order valence-electron chi connectivity index (χ2n) is 9.96. The van der Waals surface area contributed by atoms with Gasteiger partial charge in [0.15, 0.2) is 12.4 Å². The molecule has 212 valence electrons. The van der Waals surface area contributed by atoms with Crippen LogP contribution in [0.5, 0.6) is 6.01 Å². The van der Waals surface area contributed by atoms with Gasteiger partial charge in [0.1, 0.15) is 17.2 Å². The quantitative estimate of drug-likeness (QED) is 0.137. The lowest BCUT2D eigenvalue weighted by Gasteiger charge is -2.38. The minimum absolute atomic E-state index is 0.0336. The molecule has 4 aromatic rings. The number of hydrogen-bond acceptors (Lipinski definition) is 7. The zero-order chi connectivity index (χ0) is 29.7. The Morgan fingerprint density at radius 2 is 2.00 bits per heavy atom. The summed E-state index contributed by atoms with van der Waals surface area (Å²) in [5.41, 5.74) is -3.46. The summed E-state index contributed by atoms with van der Waals surface area (Å²) in [6.45, 7) is 0.00803. The molecule has 8 nitrogen and oxygen atoms in total. The number of nitro groups is 1. The number of benzene rings is 3. The normalized spacial score (nSPS) is 17.6. The molecule has 0 unspecified atom stereocenters. The minimum atomic E-state index is -4.76. The van der Waals surface area contributed by atoms with E-state index in [1.54, 1.807) is 13.0 Å². The second-order valence-corrected chi connectivity index (χ2v) is 9.96. The lowest BCUT2D eigenvalue weighted by Crippen LogP contribution is -2.46. The summed E-state index contributed by atoms with van der Waals surface area (Å²) in [7, 11) is 0. The van der Waals surface area contributed by atoms with Gasteiger partial charge in [-0.1, -0.05) is 30.2 Å². The van der Waals surface area contributed by atoms with E-state index in [0.717, 1.165) is 12.1 Å². The first-order valence-corrected chi connectivity index (χ1v) is 12.3. The average molecular weight is 572 g/mol. The number of piperidine rings is 1. The zero-order valence-corrected chi connectivity index (χ0v) is 21.4. The molecule has 1 aliphatic heterocycles. The Morgan fingerprint density at radius 3 is 2.66 bits per heavy atom. The standard InChI is InChI=1S/C28H21F5N4O4/c1-3-16-19(29)9-8-15-6-4-7-17(21(15)16)22-20(37(39)40)12-18-24(23(22)30)34-26(41-14-28(31,32)33)35-25(18)36-11-5-10-27(2,38)13-36/h1,4,6-9,12,38H,5,10-11,13-14H2,2H3/t27-/m1/s1. The smallest absolute Gasteiger partial charge is 0.422 e. The zero-order valence-electron chi connectivity index (χ0n) is 21.4. The van der Waals surface area contributed by atoms with Gasteiger partial charge in [0, 0.05) is 30.1 Å². The monoisotopic (exact) mass is 572 g/mol. The van der Waals surface area contributed by atoms with E-state index >= 15 is 4.39 Å². The number of anilines is 1. The number of aromatic nitrogens is 2. The van der Waals surface area contributed by atoms with Crippen LogP contribution in [0, 0.1) is 34.1 Å². The first-order valence-electron chi connectivity index (χ1n) is 12.3. The molecule has 2 heterocycles. The second kappa shape index (κ2) is 10.1. The van der Waals surface area contributed by atoms with Gasteiger partial charge in [0.05, 0.1) is 27.0 Å². The highest BCUT2D eigenvalue weighted by molar-refractivity contribution is 6.06.